The van der Waals surface area contributed by atoms with Gasteiger partial charge in [-0.2, -0.15) is 0 Å². The fraction of sp³-hybridized carbons (Fsp3) is 0.727. The highest BCUT2D eigenvalue weighted by atomic mass is 16.2. The van der Waals surface area contributed by atoms with E-state index >= 15 is 0 Å². The predicted octanol–water partition coefficient (Wildman–Crippen LogP) is 0.633. The lowest BCUT2D eigenvalue weighted by Crippen LogP contribution is -2.67. The topological polar surface area (TPSA) is 41.1 Å². The van der Waals surface area contributed by atoms with E-state index in [-0.39, 0.29) is 17.5 Å². The Hall–Kier alpha value is -0.830. The first kappa shape index (κ1) is 8.48. The van der Waals surface area contributed by atoms with Crippen LogP contribution in [-0.4, -0.2) is 17.6 Å². The first-order chi connectivity index (χ1) is 6.57. The SMILES string of the molecule is CC1(C)NC(=O)[C@@H]2[C@H](N1)[C@H]1C=C[C@@H]2C1. The van der Waals surface area contributed by atoms with E-state index in [4.69, 9.17) is 0 Å². The zero-order valence-electron chi connectivity index (χ0n) is 8.58. The molecule has 0 spiro atoms. The number of rotatable bonds is 0. The summed E-state index contributed by atoms with van der Waals surface area (Å²) in [6.07, 6.45) is 5.64. The molecule has 3 nitrogen and oxygen atoms in total. The molecule has 0 aromatic carbocycles. The van der Waals surface area contributed by atoms with Crippen molar-refractivity contribution in [1.82, 2.24) is 10.6 Å². The molecule has 1 saturated carbocycles. The van der Waals surface area contributed by atoms with Crippen molar-refractivity contribution < 1.29 is 4.79 Å². The smallest absolute Gasteiger partial charge is 0.226 e. The number of carbonyl (C=O) groups excluding carboxylic acids is 1. The van der Waals surface area contributed by atoms with Crippen molar-refractivity contribution in [1.29, 1.82) is 0 Å². The van der Waals surface area contributed by atoms with Crippen LogP contribution < -0.4 is 10.6 Å². The summed E-state index contributed by atoms with van der Waals surface area (Å²) in [7, 11) is 0. The first-order valence-electron chi connectivity index (χ1n) is 5.35. The Balaban J connectivity index is 1.95. The van der Waals surface area contributed by atoms with Crippen molar-refractivity contribution in [3.63, 3.8) is 0 Å². The van der Waals surface area contributed by atoms with E-state index in [0.717, 1.165) is 6.42 Å². The quantitative estimate of drug-likeness (QED) is 0.553. The number of amides is 1. The molecule has 3 rings (SSSR count). The Kier molecular flexibility index (Phi) is 1.45. The first-order valence-corrected chi connectivity index (χ1v) is 5.35. The van der Waals surface area contributed by atoms with Crippen LogP contribution in [0.15, 0.2) is 12.2 Å². The summed E-state index contributed by atoms with van der Waals surface area (Å²) in [5, 5.41) is 6.56. The van der Waals surface area contributed by atoms with Crippen molar-refractivity contribution in [3.05, 3.63) is 12.2 Å². The third kappa shape index (κ3) is 0.989. The molecule has 0 aromatic heterocycles. The van der Waals surface area contributed by atoms with Gasteiger partial charge in [0.05, 0.1) is 11.6 Å². The molecule has 14 heavy (non-hydrogen) atoms. The van der Waals surface area contributed by atoms with Crippen molar-refractivity contribution in [2.24, 2.45) is 17.8 Å². The largest absolute Gasteiger partial charge is 0.338 e. The molecule has 4 atom stereocenters. The highest BCUT2D eigenvalue weighted by Gasteiger charge is 2.52. The molecule has 0 aromatic rings. The predicted molar refractivity (Wildman–Crippen MR) is 53.4 cm³/mol. The lowest BCUT2D eigenvalue weighted by molar-refractivity contribution is -0.132. The van der Waals surface area contributed by atoms with E-state index in [1.54, 1.807) is 0 Å². The molecule has 2 N–H and O–H groups in total. The molecule has 2 aliphatic carbocycles. The molecule has 0 unspecified atom stereocenters. The summed E-state index contributed by atoms with van der Waals surface area (Å²) >= 11 is 0. The Morgan fingerprint density at radius 2 is 2.07 bits per heavy atom. The normalized spacial score (nSPS) is 47.7. The number of hydrogen-bond acceptors (Lipinski definition) is 2. The van der Waals surface area contributed by atoms with Crippen LogP contribution in [0.2, 0.25) is 0 Å². The minimum Gasteiger partial charge on any atom is -0.338 e. The highest BCUT2D eigenvalue weighted by Crippen LogP contribution is 2.45. The fourth-order valence-corrected chi connectivity index (χ4v) is 3.22. The van der Waals surface area contributed by atoms with Crippen LogP contribution >= 0.6 is 0 Å². The third-order valence-corrected chi connectivity index (χ3v) is 3.73. The minimum absolute atomic E-state index is 0.179. The molecule has 1 heterocycles. The summed E-state index contributed by atoms with van der Waals surface area (Å²) in [5.41, 5.74) is -0.240. The van der Waals surface area contributed by atoms with Gasteiger partial charge >= 0.3 is 0 Å². The van der Waals surface area contributed by atoms with Gasteiger partial charge in [0, 0.05) is 6.04 Å². The zero-order chi connectivity index (χ0) is 9.92. The molecule has 0 radical (unpaired) electrons. The Morgan fingerprint density at radius 3 is 2.86 bits per heavy atom. The van der Waals surface area contributed by atoms with Crippen LogP contribution in [0.25, 0.3) is 0 Å². The fourth-order valence-electron chi connectivity index (χ4n) is 3.22. The number of hydrogen-bond donors (Lipinski definition) is 2. The Morgan fingerprint density at radius 1 is 1.36 bits per heavy atom. The van der Waals surface area contributed by atoms with Crippen molar-refractivity contribution in [2.75, 3.05) is 0 Å². The second kappa shape index (κ2) is 2.40. The molecular weight excluding hydrogens is 176 g/mol. The van der Waals surface area contributed by atoms with Crippen LogP contribution in [0.3, 0.4) is 0 Å². The lowest BCUT2D eigenvalue weighted by atomic mass is 9.84. The van der Waals surface area contributed by atoms with Crippen LogP contribution in [-0.2, 0) is 4.79 Å². The van der Waals surface area contributed by atoms with E-state index in [1.807, 2.05) is 13.8 Å². The van der Waals surface area contributed by atoms with Crippen LogP contribution in [0.4, 0.5) is 0 Å². The van der Waals surface area contributed by atoms with Gasteiger partial charge in [-0.3, -0.25) is 10.1 Å². The minimum atomic E-state index is -0.240. The number of fused-ring (bicyclic) bond motifs is 5. The van der Waals surface area contributed by atoms with E-state index in [9.17, 15) is 4.79 Å². The molecular formula is C11H16N2O. The summed E-state index contributed by atoms with van der Waals surface area (Å²) in [6.45, 7) is 4.05. The van der Waals surface area contributed by atoms with Crippen LogP contribution in [0.1, 0.15) is 20.3 Å². The van der Waals surface area contributed by atoms with Crippen molar-refractivity contribution in [3.8, 4) is 0 Å². The standard InChI is InChI=1S/C11H16N2O/c1-11(2)12-9-7-4-3-6(5-7)8(9)10(14)13-11/h3-4,6-9,12H,5H2,1-2H3,(H,13,14)/t6-,7+,8+,9-/m1/s1. The van der Waals surface area contributed by atoms with Crippen molar-refractivity contribution >= 4 is 5.91 Å². The summed E-state index contributed by atoms with van der Waals surface area (Å²) in [5.74, 6) is 1.47. The van der Waals surface area contributed by atoms with Crippen LogP contribution in [0, 0.1) is 17.8 Å². The second-order valence-electron chi connectivity index (χ2n) is 5.26. The van der Waals surface area contributed by atoms with Gasteiger partial charge < -0.3 is 5.32 Å². The van der Waals surface area contributed by atoms with E-state index in [2.05, 4.69) is 22.8 Å². The van der Waals surface area contributed by atoms with Gasteiger partial charge in [0.1, 0.15) is 0 Å². The summed E-state index contributed by atoms with van der Waals surface area (Å²) < 4.78 is 0. The average molecular weight is 192 g/mol. The van der Waals surface area contributed by atoms with E-state index in [1.165, 1.54) is 0 Å². The lowest BCUT2D eigenvalue weighted by Gasteiger charge is -2.42. The van der Waals surface area contributed by atoms with Gasteiger partial charge in [0.2, 0.25) is 5.91 Å². The van der Waals surface area contributed by atoms with Crippen LogP contribution in [0.5, 0.6) is 0 Å². The molecule has 2 fully saturated rings. The molecule has 2 bridgehead atoms. The molecule has 3 aliphatic rings. The molecule has 1 saturated heterocycles. The van der Waals surface area contributed by atoms with E-state index in [0.29, 0.717) is 17.9 Å². The maximum atomic E-state index is 11.9. The molecule has 3 heteroatoms. The maximum Gasteiger partial charge on any atom is 0.226 e. The average Bonchev–Trinajstić information content (AvgIpc) is 2.59. The van der Waals surface area contributed by atoms with Gasteiger partial charge in [0.25, 0.3) is 0 Å². The maximum absolute atomic E-state index is 11.9. The van der Waals surface area contributed by atoms with E-state index < -0.39 is 0 Å². The van der Waals surface area contributed by atoms with Gasteiger partial charge in [0.15, 0.2) is 0 Å². The monoisotopic (exact) mass is 192 g/mol. The summed E-state index contributed by atoms with van der Waals surface area (Å²) in [4.78, 5) is 11.9. The zero-order valence-corrected chi connectivity index (χ0v) is 8.58. The number of allylic oxidation sites excluding steroid dienone is 1. The third-order valence-electron chi connectivity index (χ3n) is 3.73. The summed E-state index contributed by atoms with van der Waals surface area (Å²) in [6, 6.07) is 0.369. The molecule has 1 aliphatic heterocycles. The molecule has 76 valence electrons. The number of carbonyl (C=O) groups is 1. The van der Waals surface area contributed by atoms with Crippen molar-refractivity contribution in [2.45, 2.75) is 32.0 Å². The van der Waals surface area contributed by atoms with Gasteiger partial charge in [-0.05, 0) is 32.1 Å². The second-order valence-corrected chi connectivity index (χ2v) is 5.26. The number of nitrogens with one attached hydrogen (secondary N) is 2. The van der Waals surface area contributed by atoms with Gasteiger partial charge in [-0.25, -0.2) is 0 Å². The Bertz CT molecular complexity index is 321. The van der Waals surface area contributed by atoms with Gasteiger partial charge in [-0.15, -0.1) is 0 Å². The molecule has 1 amide bonds. The Labute approximate surface area is 83.9 Å². The highest BCUT2D eigenvalue weighted by molar-refractivity contribution is 5.82. The van der Waals surface area contributed by atoms with Gasteiger partial charge in [-0.1, -0.05) is 12.2 Å².